The van der Waals surface area contributed by atoms with Gasteiger partial charge in [-0.2, -0.15) is 0 Å². The standard InChI is InChI=1S/C13H22N2O4S/c1-18-9-10-19-8-4-7-15-11-5-3-6-12(13(11)14)20(2,16)17/h3,5-6,15H,4,7-10,14H2,1-2H3. The average molecular weight is 302 g/mol. The first-order valence-corrected chi connectivity index (χ1v) is 8.25. The number of para-hydroxylation sites is 1. The molecule has 0 fully saturated rings. The molecule has 1 rings (SSSR count). The smallest absolute Gasteiger partial charge is 0.177 e. The lowest BCUT2D eigenvalue weighted by Crippen LogP contribution is -2.11. The maximum absolute atomic E-state index is 11.5. The molecule has 0 heterocycles. The SMILES string of the molecule is COCCOCCCNc1cccc(S(C)(=O)=O)c1N. The Labute approximate surface area is 120 Å². The molecule has 114 valence electrons. The fraction of sp³-hybridized carbons (Fsp3) is 0.538. The highest BCUT2D eigenvalue weighted by Crippen LogP contribution is 2.26. The molecule has 20 heavy (non-hydrogen) atoms. The summed E-state index contributed by atoms with van der Waals surface area (Å²) in [7, 11) is -1.68. The van der Waals surface area contributed by atoms with Crippen molar-refractivity contribution in [2.45, 2.75) is 11.3 Å². The van der Waals surface area contributed by atoms with E-state index in [1.807, 2.05) is 0 Å². The van der Waals surface area contributed by atoms with Gasteiger partial charge in [-0.05, 0) is 18.6 Å². The van der Waals surface area contributed by atoms with Crippen LogP contribution in [0.15, 0.2) is 23.1 Å². The van der Waals surface area contributed by atoms with Gasteiger partial charge in [-0.25, -0.2) is 8.42 Å². The van der Waals surface area contributed by atoms with Crippen LogP contribution in [0.2, 0.25) is 0 Å². The molecular weight excluding hydrogens is 280 g/mol. The lowest BCUT2D eigenvalue weighted by molar-refractivity contribution is 0.0705. The topological polar surface area (TPSA) is 90.6 Å². The molecule has 0 saturated carbocycles. The number of sulfone groups is 1. The van der Waals surface area contributed by atoms with Crippen molar-refractivity contribution >= 4 is 21.2 Å². The lowest BCUT2D eigenvalue weighted by Gasteiger charge is -2.12. The van der Waals surface area contributed by atoms with E-state index in [4.69, 9.17) is 15.2 Å². The molecule has 0 atom stereocenters. The summed E-state index contributed by atoms with van der Waals surface area (Å²) >= 11 is 0. The van der Waals surface area contributed by atoms with Crippen molar-refractivity contribution in [3.05, 3.63) is 18.2 Å². The van der Waals surface area contributed by atoms with Crippen molar-refractivity contribution in [1.82, 2.24) is 0 Å². The van der Waals surface area contributed by atoms with Gasteiger partial charge in [0.1, 0.15) is 0 Å². The Balaban J connectivity index is 2.45. The van der Waals surface area contributed by atoms with E-state index in [1.54, 1.807) is 19.2 Å². The van der Waals surface area contributed by atoms with Crippen molar-refractivity contribution in [3.8, 4) is 0 Å². The van der Waals surface area contributed by atoms with Crippen LogP contribution < -0.4 is 11.1 Å². The summed E-state index contributed by atoms with van der Waals surface area (Å²) in [5.41, 5.74) is 6.75. The van der Waals surface area contributed by atoms with E-state index in [2.05, 4.69) is 5.32 Å². The second-order valence-electron chi connectivity index (χ2n) is 4.38. The Bertz CT molecular complexity index is 517. The quantitative estimate of drug-likeness (QED) is 0.525. The Morgan fingerprint density at radius 1 is 1.25 bits per heavy atom. The van der Waals surface area contributed by atoms with Crippen molar-refractivity contribution in [2.75, 3.05) is 50.8 Å². The van der Waals surface area contributed by atoms with Crippen LogP contribution >= 0.6 is 0 Å². The summed E-state index contributed by atoms with van der Waals surface area (Å²) < 4.78 is 33.3. The lowest BCUT2D eigenvalue weighted by atomic mass is 10.2. The highest BCUT2D eigenvalue weighted by Gasteiger charge is 2.13. The highest BCUT2D eigenvalue weighted by atomic mass is 32.2. The molecule has 0 aliphatic heterocycles. The number of nitrogens with two attached hydrogens (primary N) is 1. The second-order valence-corrected chi connectivity index (χ2v) is 6.36. The van der Waals surface area contributed by atoms with E-state index < -0.39 is 9.84 Å². The maximum atomic E-state index is 11.5. The van der Waals surface area contributed by atoms with Crippen LogP contribution in [0.5, 0.6) is 0 Å². The van der Waals surface area contributed by atoms with E-state index >= 15 is 0 Å². The molecule has 3 N–H and O–H groups in total. The average Bonchev–Trinajstić information content (AvgIpc) is 2.38. The Hall–Kier alpha value is -1.31. The van der Waals surface area contributed by atoms with E-state index in [-0.39, 0.29) is 10.6 Å². The summed E-state index contributed by atoms with van der Waals surface area (Å²) in [4.78, 5) is 0.152. The van der Waals surface area contributed by atoms with Gasteiger partial charge in [0.25, 0.3) is 0 Å². The molecule has 0 unspecified atom stereocenters. The Morgan fingerprint density at radius 3 is 2.65 bits per heavy atom. The molecule has 6 nitrogen and oxygen atoms in total. The van der Waals surface area contributed by atoms with Gasteiger partial charge in [0, 0.05) is 26.5 Å². The molecule has 0 amide bonds. The van der Waals surface area contributed by atoms with Crippen molar-refractivity contribution < 1.29 is 17.9 Å². The van der Waals surface area contributed by atoms with Crippen LogP contribution in [0.4, 0.5) is 11.4 Å². The van der Waals surface area contributed by atoms with Gasteiger partial charge in [0.15, 0.2) is 9.84 Å². The predicted molar refractivity (Wildman–Crippen MR) is 79.8 cm³/mol. The maximum Gasteiger partial charge on any atom is 0.177 e. The molecule has 1 aromatic carbocycles. The fourth-order valence-corrected chi connectivity index (χ4v) is 2.50. The van der Waals surface area contributed by atoms with Crippen LogP contribution in [-0.4, -0.2) is 48.1 Å². The van der Waals surface area contributed by atoms with Gasteiger partial charge in [-0.3, -0.25) is 0 Å². The minimum Gasteiger partial charge on any atom is -0.396 e. The Kier molecular flexibility index (Phi) is 6.77. The highest BCUT2D eigenvalue weighted by molar-refractivity contribution is 7.90. The number of rotatable bonds is 9. The van der Waals surface area contributed by atoms with Crippen molar-refractivity contribution in [3.63, 3.8) is 0 Å². The first-order valence-electron chi connectivity index (χ1n) is 6.36. The number of methoxy groups -OCH3 is 1. The molecule has 0 aliphatic carbocycles. The molecule has 0 radical (unpaired) electrons. The molecule has 0 bridgehead atoms. The molecule has 7 heteroatoms. The van der Waals surface area contributed by atoms with Crippen LogP contribution in [0, 0.1) is 0 Å². The fourth-order valence-electron chi connectivity index (χ4n) is 1.66. The third-order valence-corrected chi connectivity index (χ3v) is 3.83. The van der Waals surface area contributed by atoms with E-state index in [0.29, 0.717) is 32.1 Å². The number of hydrogen-bond acceptors (Lipinski definition) is 6. The van der Waals surface area contributed by atoms with E-state index in [9.17, 15) is 8.42 Å². The van der Waals surface area contributed by atoms with Gasteiger partial charge in [0.05, 0.1) is 29.5 Å². The number of nitrogens with one attached hydrogen (secondary N) is 1. The van der Waals surface area contributed by atoms with Gasteiger partial charge < -0.3 is 20.5 Å². The van der Waals surface area contributed by atoms with Gasteiger partial charge in [-0.15, -0.1) is 0 Å². The van der Waals surface area contributed by atoms with Crippen LogP contribution in [0.25, 0.3) is 0 Å². The number of nitrogen functional groups attached to an aromatic ring is 1. The predicted octanol–water partition coefficient (Wildman–Crippen LogP) is 1.14. The molecule has 0 aliphatic rings. The normalized spacial score (nSPS) is 11.5. The number of ether oxygens (including phenoxy) is 2. The molecule has 0 spiro atoms. The summed E-state index contributed by atoms with van der Waals surface area (Å²) in [6.07, 6.45) is 1.94. The van der Waals surface area contributed by atoms with Crippen LogP contribution in [-0.2, 0) is 19.3 Å². The largest absolute Gasteiger partial charge is 0.396 e. The minimum absolute atomic E-state index is 0.152. The molecular formula is C13H22N2O4S. The zero-order valence-corrected chi connectivity index (χ0v) is 12.7. The zero-order valence-electron chi connectivity index (χ0n) is 11.9. The van der Waals surface area contributed by atoms with Gasteiger partial charge in [0.2, 0.25) is 0 Å². The van der Waals surface area contributed by atoms with E-state index in [0.717, 1.165) is 12.7 Å². The first-order chi connectivity index (χ1) is 9.46. The van der Waals surface area contributed by atoms with Crippen LogP contribution in [0.3, 0.4) is 0 Å². The molecule has 1 aromatic rings. The number of anilines is 2. The molecule has 0 aromatic heterocycles. The summed E-state index contributed by atoms with van der Waals surface area (Å²) in [6.45, 7) is 2.42. The van der Waals surface area contributed by atoms with Crippen LogP contribution in [0.1, 0.15) is 6.42 Å². The minimum atomic E-state index is -3.31. The van der Waals surface area contributed by atoms with E-state index in [1.165, 1.54) is 6.07 Å². The molecule has 0 saturated heterocycles. The number of hydrogen-bond donors (Lipinski definition) is 2. The monoisotopic (exact) mass is 302 g/mol. The third-order valence-electron chi connectivity index (χ3n) is 2.68. The first kappa shape index (κ1) is 16.7. The van der Waals surface area contributed by atoms with Crippen molar-refractivity contribution in [2.24, 2.45) is 0 Å². The third kappa shape index (κ3) is 5.36. The van der Waals surface area contributed by atoms with Gasteiger partial charge >= 0.3 is 0 Å². The van der Waals surface area contributed by atoms with Crippen molar-refractivity contribution in [1.29, 1.82) is 0 Å². The zero-order chi connectivity index (χ0) is 15.0. The summed E-state index contributed by atoms with van der Waals surface area (Å²) in [5, 5.41) is 3.12. The summed E-state index contributed by atoms with van der Waals surface area (Å²) in [5.74, 6) is 0. The second kappa shape index (κ2) is 8.08. The Morgan fingerprint density at radius 2 is 2.00 bits per heavy atom. The number of benzene rings is 1. The van der Waals surface area contributed by atoms with Gasteiger partial charge in [-0.1, -0.05) is 6.07 Å². The summed E-state index contributed by atoms with van der Waals surface area (Å²) in [6, 6.07) is 4.93.